The first kappa shape index (κ1) is 18.6. The van der Waals surface area contributed by atoms with E-state index < -0.39 is 0 Å². The topological polar surface area (TPSA) is 0 Å². The van der Waals surface area contributed by atoms with Crippen LogP contribution in [-0.2, 0) is 0 Å². The van der Waals surface area contributed by atoms with Gasteiger partial charge in [0.25, 0.3) is 0 Å². The molecule has 0 spiro atoms. The van der Waals surface area contributed by atoms with Crippen LogP contribution >= 0.6 is 0 Å². The van der Waals surface area contributed by atoms with Gasteiger partial charge in [0.15, 0.2) is 0 Å². The minimum atomic E-state index is 1.04. The quantitative estimate of drug-likeness (QED) is 0.276. The molecule has 0 aliphatic carbocycles. The van der Waals surface area contributed by atoms with Crippen LogP contribution in [0.15, 0.2) is 0 Å². The molecule has 0 nitrogen and oxygen atoms in total. The summed E-state index contributed by atoms with van der Waals surface area (Å²) >= 11 is 1.99. The summed E-state index contributed by atoms with van der Waals surface area (Å²) in [6.07, 6.45) is 20.5. The van der Waals surface area contributed by atoms with E-state index in [-0.39, 0.29) is 0 Å². The first-order chi connectivity index (χ1) is 8.81. The van der Waals surface area contributed by atoms with Gasteiger partial charge < -0.3 is 0 Å². The molecule has 0 aromatic carbocycles. The van der Waals surface area contributed by atoms with E-state index in [1.165, 1.54) is 89.9 Å². The second kappa shape index (κ2) is 15.6. The SMILES string of the molecule is CCCCCCCCC([AsH2])CCCCCCCC. The molecule has 0 aromatic heterocycles. The van der Waals surface area contributed by atoms with E-state index in [9.17, 15) is 0 Å². The minimum absolute atomic E-state index is 1.04. The van der Waals surface area contributed by atoms with Crippen LogP contribution in [-0.4, -0.2) is 16.9 Å². The fourth-order valence-corrected chi connectivity index (χ4v) is 3.51. The average Bonchev–Trinajstić information content (AvgIpc) is 2.38. The maximum atomic E-state index is 2.30. The number of unbranched alkanes of at least 4 members (excludes halogenated alkanes) is 10. The van der Waals surface area contributed by atoms with Crippen LogP contribution in [0.3, 0.4) is 0 Å². The van der Waals surface area contributed by atoms with E-state index in [1.54, 1.807) is 0 Å². The Labute approximate surface area is 125 Å². The summed E-state index contributed by atoms with van der Waals surface area (Å²) < 4.78 is 1.04. The number of hydrogen-bond donors (Lipinski definition) is 0. The van der Waals surface area contributed by atoms with Crippen molar-refractivity contribution in [2.75, 3.05) is 0 Å². The van der Waals surface area contributed by atoms with E-state index in [4.69, 9.17) is 0 Å². The van der Waals surface area contributed by atoms with Crippen LogP contribution in [0.4, 0.5) is 0 Å². The summed E-state index contributed by atoms with van der Waals surface area (Å²) in [5.74, 6) is 0. The van der Waals surface area contributed by atoms with E-state index in [1.807, 2.05) is 16.9 Å². The van der Waals surface area contributed by atoms with Crippen molar-refractivity contribution in [2.45, 2.75) is 108 Å². The van der Waals surface area contributed by atoms with Crippen molar-refractivity contribution in [3.63, 3.8) is 0 Å². The Hall–Kier alpha value is 0.558. The molecule has 18 heavy (non-hydrogen) atoms. The molecule has 1 atom stereocenters. The van der Waals surface area contributed by atoms with Gasteiger partial charge in [0.1, 0.15) is 0 Å². The Morgan fingerprint density at radius 2 is 0.889 bits per heavy atom. The van der Waals surface area contributed by atoms with Gasteiger partial charge in [-0.15, -0.1) is 0 Å². The van der Waals surface area contributed by atoms with Crippen LogP contribution in [0.1, 0.15) is 104 Å². The third-order valence-electron chi connectivity index (χ3n) is 3.86. The molecule has 0 saturated heterocycles. The molecule has 0 aliphatic heterocycles. The Kier molecular flexibility index (Phi) is 16.1. The monoisotopic (exact) mass is 316 g/mol. The van der Waals surface area contributed by atoms with Gasteiger partial charge in [0.2, 0.25) is 0 Å². The van der Waals surface area contributed by atoms with E-state index in [0.717, 1.165) is 4.71 Å². The third-order valence-corrected chi connectivity index (χ3v) is 5.26. The van der Waals surface area contributed by atoms with Gasteiger partial charge in [0, 0.05) is 0 Å². The van der Waals surface area contributed by atoms with E-state index in [0.29, 0.717) is 0 Å². The first-order valence-corrected chi connectivity index (χ1v) is 9.96. The molecule has 0 rings (SSSR count). The van der Waals surface area contributed by atoms with Gasteiger partial charge >= 0.3 is 125 Å². The first-order valence-electron chi connectivity index (χ1n) is 8.56. The van der Waals surface area contributed by atoms with Gasteiger partial charge in [0.05, 0.1) is 0 Å². The summed E-state index contributed by atoms with van der Waals surface area (Å²) in [5.41, 5.74) is 0. The van der Waals surface area contributed by atoms with Crippen LogP contribution in [0.2, 0.25) is 4.71 Å². The van der Waals surface area contributed by atoms with Gasteiger partial charge in [-0.25, -0.2) is 0 Å². The Morgan fingerprint density at radius 1 is 0.556 bits per heavy atom. The summed E-state index contributed by atoms with van der Waals surface area (Å²) in [4.78, 5) is 0. The molecule has 1 heteroatoms. The molecule has 0 bridgehead atoms. The van der Waals surface area contributed by atoms with Gasteiger partial charge in [-0.05, 0) is 0 Å². The van der Waals surface area contributed by atoms with Gasteiger partial charge in [-0.3, -0.25) is 0 Å². The molecular formula is C17H37As. The van der Waals surface area contributed by atoms with E-state index >= 15 is 0 Å². The second-order valence-electron chi connectivity index (χ2n) is 5.87. The summed E-state index contributed by atoms with van der Waals surface area (Å²) in [7, 11) is 0. The third kappa shape index (κ3) is 14.6. The van der Waals surface area contributed by atoms with Gasteiger partial charge in [-0.2, -0.15) is 0 Å². The predicted octanol–water partition coefficient (Wildman–Crippen LogP) is 5.91. The predicted molar refractivity (Wildman–Crippen MR) is 88.3 cm³/mol. The normalized spacial score (nSPS) is 11.3. The Bertz CT molecular complexity index is 129. The van der Waals surface area contributed by atoms with Crippen molar-refractivity contribution in [1.29, 1.82) is 0 Å². The van der Waals surface area contributed by atoms with Crippen molar-refractivity contribution in [1.82, 2.24) is 0 Å². The van der Waals surface area contributed by atoms with Crippen molar-refractivity contribution < 1.29 is 0 Å². The van der Waals surface area contributed by atoms with Crippen molar-refractivity contribution >= 4 is 16.9 Å². The zero-order chi connectivity index (χ0) is 13.5. The fraction of sp³-hybridized carbons (Fsp3) is 1.00. The van der Waals surface area contributed by atoms with Crippen molar-refractivity contribution in [2.24, 2.45) is 0 Å². The molecule has 0 amide bonds. The molecule has 110 valence electrons. The Morgan fingerprint density at radius 3 is 1.28 bits per heavy atom. The molecule has 0 aromatic rings. The zero-order valence-electron chi connectivity index (χ0n) is 13.1. The van der Waals surface area contributed by atoms with Crippen molar-refractivity contribution in [3.8, 4) is 0 Å². The molecular weight excluding hydrogens is 279 g/mol. The zero-order valence-corrected chi connectivity index (χ0v) is 15.5. The maximum absolute atomic E-state index is 2.30. The second-order valence-corrected chi connectivity index (χ2v) is 7.85. The van der Waals surface area contributed by atoms with Crippen LogP contribution in [0.25, 0.3) is 0 Å². The molecule has 0 N–H and O–H groups in total. The Balaban J connectivity index is 3.10. The number of rotatable bonds is 14. The van der Waals surface area contributed by atoms with Crippen LogP contribution in [0.5, 0.6) is 0 Å². The van der Waals surface area contributed by atoms with E-state index in [2.05, 4.69) is 13.8 Å². The summed E-state index contributed by atoms with van der Waals surface area (Å²) in [5, 5.41) is 0. The molecule has 0 heterocycles. The summed E-state index contributed by atoms with van der Waals surface area (Å²) in [6.45, 7) is 4.59. The number of hydrogen-bond acceptors (Lipinski definition) is 0. The van der Waals surface area contributed by atoms with Crippen LogP contribution in [0, 0.1) is 0 Å². The van der Waals surface area contributed by atoms with Crippen LogP contribution < -0.4 is 0 Å². The molecule has 1 unspecified atom stereocenters. The standard InChI is InChI=1S/C17H37As/c1-3-5-7-9-11-13-15-17(18)16-14-12-10-8-6-4-2/h17H,3-16,18H2,1-2H3. The molecule has 0 radical (unpaired) electrons. The molecule has 0 saturated carbocycles. The van der Waals surface area contributed by atoms with Gasteiger partial charge in [-0.1, -0.05) is 0 Å². The average molecular weight is 316 g/mol. The van der Waals surface area contributed by atoms with Crippen molar-refractivity contribution in [3.05, 3.63) is 0 Å². The fourth-order valence-electron chi connectivity index (χ4n) is 2.52. The molecule has 0 aliphatic rings. The molecule has 0 fully saturated rings. The summed E-state index contributed by atoms with van der Waals surface area (Å²) in [6, 6.07) is 0.